The number of halogens is 1. The first-order valence-corrected chi connectivity index (χ1v) is 6.74. The average molecular weight is 299 g/mol. The van der Waals surface area contributed by atoms with E-state index in [2.05, 4.69) is 0 Å². The number of benzene rings is 2. The summed E-state index contributed by atoms with van der Waals surface area (Å²) in [5.74, 6) is -0.883. The quantitative estimate of drug-likeness (QED) is 0.801. The second-order valence-electron chi connectivity index (χ2n) is 4.94. The minimum absolute atomic E-state index is 0.160. The van der Waals surface area contributed by atoms with E-state index in [9.17, 15) is 14.3 Å². The predicted octanol–water partition coefficient (Wildman–Crippen LogP) is 3.54. The van der Waals surface area contributed by atoms with E-state index in [4.69, 9.17) is 4.74 Å². The average Bonchev–Trinajstić information content (AvgIpc) is 2.87. The van der Waals surface area contributed by atoms with Crippen molar-refractivity contribution in [1.29, 1.82) is 0 Å². The zero-order valence-electron chi connectivity index (χ0n) is 11.9. The van der Waals surface area contributed by atoms with Crippen molar-refractivity contribution in [3.05, 3.63) is 65.6 Å². The molecule has 1 heterocycles. The fourth-order valence-electron chi connectivity index (χ4n) is 2.60. The standard InChI is InChI=1S/C17H14FNO3/c1-22-16-7-6-13(18)8-12(16)10-19-14-5-3-2-4-11(14)9-15(19)17(20)21/h2-9H,10H2,1H3,(H,20,21). The highest BCUT2D eigenvalue weighted by molar-refractivity contribution is 5.94. The predicted molar refractivity (Wildman–Crippen MR) is 81.0 cm³/mol. The molecule has 3 aromatic rings. The fourth-order valence-corrected chi connectivity index (χ4v) is 2.60. The second kappa shape index (κ2) is 5.52. The summed E-state index contributed by atoms with van der Waals surface area (Å²) in [6, 6.07) is 13.2. The van der Waals surface area contributed by atoms with Gasteiger partial charge in [-0.15, -0.1) is 0 Å². The minimum atomic E-state index is -1.02. The van der Waals surface area contributed by atoms with E-state index in [1.807, 2.05) is 24.3 Å². The lowest BCUT2D eigenvalue weighted by molar-refractivity contribution is 0.0686. The Hall–Kier alpha value is -2.82. The Morgan fingerprint density at radius 3 is 2.73 bits per heavy atom. The van der Waals surface area contributed by atoms with Crippen LogP contribution in [0.15, 0.2) is 48.5 Å². The summed E-state index contributed by atoms with van der Waals surface area (Å²) in [6.07, 6.45) is 0. The van der Waals surface area contributed by atoms with Crippen LogP contribution >= 0.6 is 0 Å². The maximum absolute atomic E-state index is 13.5. The van der Waals surface area contributed by atoms with Crippen LogP contribution < -0.4 is 4.74 Å². The lowest BCUT2D eigenvalue weighted by Gasteiger charge is -2.12. The van der Waals surface area contributed by atoms with Crippen LogP contribution in [0.5, 0.6) is 5.75 Å². The van der Waals surface area contributed by atoms with Gasteiger partial charge in [0.25, 0.3) is 0 Å². The molecule has 0 aliphatic heterocycles. The molecule has 0 radical (unpaired) electrons. The molecule has 112 valence electrons. The van der Waals surface area contributed by atoms with Crippen LogP contribution in [0.1, 0.15) is 16.1 Å². The molecule has 1 N–H and O–H groups in total. The van der Waals surface area contributed by atoms with E-state index in [1.165, 1.54) is 25.3 Å². The van der Waals surface area contributed by atoms with Crippen molar-refractivity contribution in [3.63, 3.8) is 0 Å². The molecule has 0 unspecified atom stereocenters. The van der Waals surface area contributed by atoms with Gasteiger partial charge in [0.05, 0.1) is 13.7 Å². The molecule has 1 aromatic heterocycles. The summed E-state index contributed by atoms with van der Waals surface area (Å²) in [4.78, 5) is 11.5. The lowest BCUT2D eigenvalue weighted by Crippen LogP contribution is -2.10. The number of ether oxygens (including phenoxy) is 1. The third-order valence-corrected chi connectivity index (χ3v) is 3.60. The van der Waals surface area contributed by atoms with E-state index in [1.54, 1.807) is 10.6 Å². The van der Waals surface area contributed by atoms with E-state index >= 15 is 0 Å². The van der Waals surface area contributed by atoms with Gasteiger partial charge in [0.15, 0.2) is 0 Å². The molecule has 0 fully saturated rings. The Kier molecular flexibility index (Phi) is 3.55. The van der Waals surface area contributed by atoms with Crippen molar-refractivity contribution in [2.75, 3.05) is 7.11 Å². The third-order valence-electron chi connectivity index (χ3n) is 3.60. The molecular formula is C17H14FNO3. The number of para-hydroxylation sites is 1. The number of carboxylic acids is 1. The summed E-state index contributed by atoms with van der Waals surface area (Å²) < 4.78 is 20.4. The van der Waals surface area contributed by atoms with E-state index in [-0.39, 0.29) is 18.1 Å². The number of nitrogens with zero attached hydrogens (tertiary/aromatic N) is 1. The molecule has 0 aliphatic rings. The summed E-state index contributed by atoms with van der Waals surface area (Å²) in [6.45, 7) is 0.218. The smallest absolute Gasteiger partial charge is 0.352 e. The third kappa shape index (κ3) is 2.41. The van der Waals surface area contributed by atoms with Crippen LogP contribution in [0, 0.1) is 5.82 Å². The highest BCUT2D eigenvalue weighted by atomic mass is 19.1. The molecule has 0 bridgehead atoms. The molecule has 22 heavy (non-hydrogen) atoms. The van der Waals surface area contributed by atoms with Gasteiger partial charge < -0.3 is 14.4 Å². The molecular weight excluding hydrogens is 285 g/mol. The molecule has 0 spiro atoms. The minimum Gasteiger partial charge on any atom is -0.496 e. The van der Waals surface area contributed by atoms with Gasteiger partial charge in [-0.2, -0.15) is 0 Å². The van der Waals surface area contributed by atoms with Gasteiger partial charge >= 0.3 is 5.97 Å². The summed E-state index contributed by atoms with van der Waals surface area (Å²) in [5, 5.41) is 10.2. The zero-order chi connectivity index (χ0) is 15.7. The van der Waals surface area contributed by atoms with Crippen LogP contribution in [-0.4, -0.2) is 22.8 Å². The van der Waals surface area contributed by atoms with Gasteiger partial charge in [0.2, 0.25) is 0 Å². The second-order valence-corrected chi connectivity index (χ2v) is 4.94. The van der Waals surface area contributed by atoms with Crippen molar-refractivity contribution in [2.45, 2.75) is 6.54 Å². The Morgan fingerprint density at radius 2 is 2.00 bits per heavy atom. The van der Waals surface area contributed by atoms with Crippen molar-refractivity contribution >= 4 is 16.9 Å². The molecule has 0 saturated heterocycles. The first-order valence-electron chi connectivity index (χ1n) is 6.74. The number of carboxylic acid groups (broad SMARTS) is 1. The summed E-state index contributed by atoms with van der Waals surface area (Å²) in [5.41, 5.74) is 1.53. The van der Waals surface area contributed by atoms with Gasteiger partial charge in [-0.05, 0) is 30.3 Å². The van der Waals surface area contributed by atoms with Gasteiger partial charge in [-0.3, -0.25) is 0 Å². The topological polar surface area (TPSA) is 51.5 Å². The first-order chi connectivity index (χ1) is 10.6. The van der Waals surface area contributed by atoms with Crippen LogP contribution in [-0.2, 0) is 6.54 Å². The van der Waals surface area contributed by atoms with E-state index in [0.29, 0.717) is 11.3 Å². The molecule has 0 aliphatic carbocycles. The van der Waals surface area contributed by atoms with Crippen LogP contribution in [0.3, 0.4) is 0 Å². The molecule has 2 aromatic carbocycles. The Morgan fingerprint density at radius 1 is 1.23 bits per heavy atom. The number of rotatable bonds is 4. The van der Waals surface area contributed by atoms with Gasteiger partial charge in [0, 0.05) is 16.5 Å². The van der Waals surface area contributed by atoms with Crippen molar-refractivity contribution in [2.24, 2.45) is 0 Å². The number of hydrogen-bond acceptors (Lipinski definition) is 2. The fraction of sp³-hybridized carbons (Fsp3) is 0.118. The van der Waals surface area contributed by atoms with Crippen LogP contribution in [0.2, 0.25) is 0 Å². The Labute approximate surface area is 126 Å². The number of methoxy groups -OCH3 is 1. The van der Waals surface area contributed by atoms with Crippen molar-refractivity contribution < 1.29 is 19.0 Å². The van der Waals surface area contributed by atoms with Gasteiger partial charge in [-0.1, -0.05) is 18.2 Å². The number of aromatic carboxylic acids is 1. The molecule has 0 saturated carbocycles. The molecule has 5 heteroatoms. The maximum atomic E-state index is 13.5. The molecule has 0 amide bonds. The normalized spacial score (nSPS) is 10.8. The molecule has 4 nitrogen and oxygen atoms in total. The maximum Gasteiger partial charge on any atom is 0.352 e. The molecule has 3 rings (SSSR count). The molecule has 0 atom stereocenters. The van der Waals surface area contributed by atoms with Crippen LogP contribution in [0.25, 0.3) is 10.9 Å². The van der Waals surface area contributed by atoms with Gasteiger partial charge in [-0.25, -0.2) is 9.18 Å². The largest absolute Gasteiger partial charge is 0.496 e. The lowest BCUT2D eigenvalue weighted by atomic mass is 10.2. The van der Waals surface area contributed by atoms with Gasteiger partial charge in [0.1, 0.15) is 17.3 Å². The number of aromatic nitrogens is 1. The highest BCUT2D eigenvalue weighted by Gasteiger charge is 2.16. The SMILES string of the molecule is COc1ccc(F)cc1Cn1c(C(=O)O)cc2ccccc21. The first kappa shape index (κ1) is 14.1. The summed E-state index contributed by atoms with van der Waals surface area (Å²) in [7, 11) is 1.50. The highest BCUT2D eigenvalue weighted by Crippen LogP contribution is 2.25. The number of carbonyl (C=O) groups is 1. The Bertz CT molecular complexity index is 854. The van der Waals surface area contributed by atoms with Crippen molar-refractivity contribution in [1.82, 2.24) is 4.57 Å². The number of hydrogen-bond donors (Lipinski definition) is 1. The number of fused-ring (bicyclic) bond motifs is 1. The Balaban J connectivity index is 2.16. The van der Waals surface area contributed by atoms with E-state index < -0.39 is 5.97 Å². The van der Waals surface area contributed by atoms with Crippen LogP contribution in [0.4, 0.5) is 4.39 Å². The van der Waals surface area contributed by atoms with Crippen molar-refractivity contribution in [3.8, 4) is 5.75 Å². The summed E-state index contributed by atoms with van der Waals surface area (Å²) >= 11 is 0. The zero-order valence-corrected chi connectivity index (χ0v) is 11.9. The van der Waals surface area contributed by atoms with E-state index in [0.717, 1.165) is 10.9 Å². The monoisotopic (exact) mass is 299 g/mol.